The molecule has 0 saturated carbocycles. The third kappa shape index (κ3) is 7.36. The van der Waals surface area contributed by atoms with E-state index in [2.05, 4.69) is 4.98 Å². The van der Waals surface area contributed by atoms with Gasteiger partial charge in [-0.05, 0) is 6.07 Å². The van der Waals surface area contributed by atoms with Crippen molar-refractivity contribution in [2.24, 2.45) is 0 Å². The van der Waals surface area contributed by atoms with Gasteiger partial charge in [-0.1, -0.05) is 0 Å². The molecule has 0 aliphatic rings. The first-order valence-corrected chi connectivity index (χ1v) is 6.00. The van der Waals surface area contributed by atoms with E-state index in [0.29, 0.717) is 51.1 Å². The van der Waals surface area contributed by atoms with E-state index in [-0.39, 0.29) is 0 Å². The molecule has 0 bridgehead atoms. The first-order valence-electron chi connectivity index (χ1n) is 6.00. The summed E-state index contributed by atoms with van der Waals surface area (Å²) in [6, 6.07) is 5.25. The van der Waals surface area contributed by atoms with Crippen molar-refractivity contribution in [2.75, 3.05) is 46.8 Å². The van der Waals surface area contributed by atoms with E-state index in [9.17, 15) is 0 Å². The SMILES string of the molecule is COCCOCCOCCOc1ccnc(C#N)c1. The summed E-state index contributed by atoms with van der Waals surface area (Å²) < 4.78 is 20.8. The van der Waals surface area contributed by atoms with E-state index in [1.807, 2.05) is 6.07 Å². The molecule has 0 radical (unpaired) electrons. The lowest BCUT2D eigenvalue weighted by atomic mass is 10.3. The van der Waals surface area contributed by atoms with Gasteiger partial charge in [-0.3, -0.25) is 0 Å². The Bertz CT molecular complexity index is 392. The van der Waals surface area contributed by atoms with Gasteiger partial charge in [0.25, 0.3) is 0 Å². The highest BCUT2D eigenvalue weighted by molar-refractivity contribution is 5.29. The van der Waals surface area contributed by atoms with Gasteiger partial charge < -0.3 is 18.9 Å². The molecule has 0 aliphatic heterocycles. The van der Waals surface area contributed by atoms with E-state index in [4.69, 9.17) is 24.2 Å². The molecule has 104 valence electrons. The molecule has 0 aliphatic carbocycles. The summed E-state index contributed by atoms with van der Waals surface area (Å²) >= 11 is 0. The molecule has 1 heterocycles. The number of hydrogen-bond donors (Lipinski definition) is 0. The minimum absolute atomic E-state index is 0.338. The summed E-state index contributed by atoms with van der Waals surface area (Å²) in [4.78, 5) is 3.85. The molecule has 0 unspecified atom stereocenters. The van der Waals surface area contributed by atoms with E-state index >= 15 is 0 Å². The zero-order chi connectivity index (χ0) is 13.8. The maximum Gasteiger partial charge on any atom is 0.144 e. The maximum absolute atomic E-state index is 8.68. The number of hydrogen-bond acceptors (Lipinski definition) is 6. The van der Waals surface area contributed by atoms with Crippen LogP contribution in [0.1, 0.15) is 5.69 Å². The van der Waals surface area contributed by atoms with Crippen LogP contribution in [0.5, 0.6) is 5.75 Å². The Hall–Kier alpha value is -1.68. The van der Waals surface area contributed by atoms with E-state index in [1.54, 1.807) is 25.4 Å². The van der Waals surface area contributed by atoms with Crippen LogP contribution in [0.3, 0.4) is 0 Å². The second kappa shape index (κ2) is 10.3. The van der Waals surface area contributed by atoms with Gasteiger partial charge in [-0.2, -0.15) is 5.26 Å². The first-order chi connectivity index (χ1) is 9.36. The summed E-state index contributed by atoms with van der Waals surface area (Å²) in [7, 11) is 1.63. The van der Waals surface area contributed by atoms with E-state index in [0.717, 1.165) is 0 Å². The molecule has 0 atom stereocenters. The fraction of sp³-hybridized carbons (Fsp3) is 0.538. The topological polar surface area (TPSA) is 73.6 Å². The molecule has 0 N–H and O–H groups in total. The predicted molar refractivity (Wildman–Crippen MR) is 68.0 cm³/mol. The van der Waals surface area contributed by atoms with Crippen LogP contribution in [0.2, 0.25) is 0 Å². The Labute approximate surface area is 112 Å². The molecule has 6 nitrogen and oxygen atoms in total. The zero-order valence-electron chi connectivity index (χ0n) is 11.0. The minimum Gasteiger partial charge on any atom is -0.491 e. The summed E-state index contributed by atoms with van der Waals surface area (Å²) in [5, 5.41) is 8.68. The van der Waals surface area contributed by atoms with Crippen LogP contribution in [0.25, 0.3) is 0 Å². The minimum atomic E-state index is 0.338. The third-order valence-corrected chi connectivity index (χ3v) is 2.15. The molecular formula is C13H18N2O4. The summed E-state index contributed by atoms with van der Waals surface area (Å²) in [6.07, 6.45) is 1.54. The number of ether oxygens (including phenoxy) is 4. The van der Waals surface area contributed by atoms with Crippen molar-refractivity contribution in [3.63, 3.8) is 0 Å². The van der Waals surface area contributed by atoms with Gasteiger partial charge in [0, 0.05) is 19.4 Å². The number of nitriles is 1. The van der Waals surface area contributed by atoms with Gasteiger partial charge in [0.1, 0.15) is 24.1 Å². The molecular weight excluding hydrogens is 248 g/mol. The molecule has 6 heteroatoms. The van der Waals surface area contributed by atoms with Crippen LogP contribution >= 0.6 is 0 Å². The predicted octanol–water partition coefficient (Wildman–Crippen LogP) is 1.01. The van der Waals surface area contributed by atoms with Crippen LogP contribution in [-0.4, -0.2) is 51.7 Å². The average molecular weight is 266 g/mol. The lowest BCUT2D eigenvalue weighted by molar-refractivity contribution is 0.0179. The number of methoxy groups -OCH3 is 1. The Morgan fingerprint density at radius 3 is 2.47 bits per heavy atom. The highest BCUT2D eigenvalue weighted by atomic mass is 16.6. The fourth-order valence-corrected chi connectivity index (χ4v) is 1.24. The first kappa shape index (κ1) is 15.4. The molecule has 1 aromatic heterocycles. The van der Waals surface area contributed by atoms with Crippen molar-refractivity contribution in [1.82, 2.24) is 4.98 Å². The van der Waals surface area contributed by atoms with E-state index < -0.39 is 0 Å². The Morgan fingerprint density at radius 1 is 1.11 bits per heavy atom. The van der Waals surface area contributed by atoms with Crippen molar-refractivity contribution in [1.29, 1.82) is 5.26 Å². The summed E-state index contributed by atoms with van der Waals surface area (Å²) in [6.45, 7) is 3.12. The van der Waals surface area contributed by atoms with Crippen LogP contribution in [-0.2, 0) is 14.2 Å². The number of nitrogens with zero attached hydrogens (tertiary/aromatic N) is 2. The smallest absolute Gasteiger partial charge is 0.144 e. The zero-order valence-corrected chi connectivity index (χ0v) is 11.0. The van der Waals surface area contributed by atoms with Crippen LogP contribution in [0, 0.1) is 11.3 Å². The largest absolute Gasteiger partial charge is 0.491 e. The summed E-state index contributed by atoms with van der Waals surface area (Å²) in [5.41, 5.74) is 0.338. The van der Waals surface area contributed by atoms with Gasteiger partial charge in [-0.25, -0.2) is 4.98 Å². The van der Waals surface area contributed by atoms with Crippen LogP contribution in [0.15, 0.2) is 18.3 Å². The van der Waals surface area contributed by atoms with Crippen molar-refractivity contribution in [2.45, 2.75) is 0 Å². The standard InChI is InChI=1S/C13H18N2O4/c1-16-4-5-17-6-7-18-8-9-19-13-2-3-15-12(10-13)11-14/h2-3,10H,4-9H2,1H3. The Morgan fingerprint density at radius 2 is 1.79 bits per heavy atom. The molecule has 1 rings (SSSR count). The Balaban J connectivity index is 2.00. The van der Waals surface area contributed by atoms with Crippen molar-refractivity contribution >= 4 is 0 Å². The fourth-order valence-electron chi connectivity index (χ4n) is 1.24. The molecule has 0 aromatic carbocycles. The van der Waals surface area contributed by atoms with Crippen molar-refractivity contribution < 1.29 is 18.9 Å². The summed E-state index contributed by atoms with van der Waals surface area (Å²) in [5.74, 6) is 0.617. The molecule has 1 aromatic rings. The quantitative estimate of drug-likeness (QED) is 0.588. The molecule has 0 spiro atoms. The second-order valence-electron chi connectivity index (χ2n) is 3.55. The normalized spacial score (nSPS) is 10.1. The third-order valence-electron chi connectivity index (χ3n) is 2.15. The van der Waals surface area contributed by atoms with Gasteiger partial charge >= 0.3 is 0 Å². The average Bonchev–Trinajstić information content (AvgIpc) is 2.46. The van der Waals surface area contributed by atoms with Gasteiger partial charge in [0.05, 0.1) is 33.0 Å². The highest BCUT2D eigenvalue weighted by Gasteiger charge is 1.97. The lowest BCUT2D eigenvalue weighted by Crippen LogP contribution is -2.12. The Kier molecular flexibility index (Phi) is 8.31. The number of aromatic nitrogens is 1. The van der Waals surface area contributed by atoms with Crippen molar-refractivity contribution in [3.05, 3.63) is 24.0 Å². The number of pyridine rings is 1. The van der Waals surface area contributed by atoms with E-state index in [1.165, 1.54) is 0 Å². The van der Waals surface area contributed by atoms with Crippen LogP contribution < -0.4 is 4.74 Å². The monoisotopic (exact) mass is 266 g/mol. The van der Waals surface area contributed by atoms with Gasteiger partial charge in [0.15, 0.2) is 0 Å². The highest BCUT2D eigenvalue weighted by Crippen LogP contribution is 2.09. The van der Waals surface area contributed by atoms with Gasteiger partial charge in [0.2, 0.25) is 0 Å². The molecule has 0 saturated heterocycles. The van der Waals surface area contributed by atoms with Crippen LogP contribution in [0.4, 0.5) is 0 Å². The maximum atomic E-state index is 8.68. The van der Waals surface area contributed by atoms with Gasteiger partial charge in [-0.15, -0.1) is 0 Å². The number of rotatable bonds is 10. The second-order valence-corrected chi connectivity index (χ2v) is 3.55. The van der Waals surface area contributed by atoms with Crippen molar-refractivity contribution in [3.8, 4) is 11.8 Å². The molecule has 0 fully saturated rings. The lowest BCUT2D eigenvalue weighted by Gasteiger charge is -2.07. The molecule has 19 heavy (non-hydrogen) atoms. The molecule has 0 amide bonds.